The second-order valence-corrected chi connectivity index (χ2v) is 4.42. The number of ether oxygens (including phenoxy) is 1. The van der Waals surface area contributed by atoms with Gasteiger partial charge < -0.3 is 9.84 Å². The standard InChI is InChI=1S/C8H9BrN2O3S/c1-14-7-5(9)4-10-8(11-7)15-3-2-6(12)13/h4H,2-3H2,1H3,(H,12,13). The van der Waals surface area contributed by atoms with Crippen molar-refractivity contribution in [2.24, 2.45) is 0 Å². The molecule has 0 aliphatic heterocycles. The number of methoxy groups -OCH3 is 1. The summed E-state index contributed by atoms with van der Waals surface area (Å²) >= 11 is 4.51. The average molecular weight is 293 g/mol. The maximum absolute atomic E-state index is 10.3. The van der Waals surface area contributed by atoms with Crippen LogP contribution in [-0.4, -0.2) is 33.9 Å². The SMILES string of the molecule is COc1nc(SCCC(=O)O)ncc1Br. The summed E-state index contributed by atoms with van der Waals surface area (Å²) in [5.74, 6) is 0.0644. The molecule has 0 fully saturated rings. The van der Waals surface area contributed by atoms with Gasteiger partial charge in [0.05, 0.1) is 18.0 Å². The Kier molecular flexibility index (Phi) is 4.83. The minimum atomic E-state index is -0.827. The first kappa shape index (κ1) is 12.3. The highest BCUT2D eigenvalue weighted by molar-refractivity contribution is 9.10. The minimum absolute atomic E-state index is 0.0897. The van der Waals surface area contributed by atoms with Gasteiger partial charge in [0, 0.05) is 11.9 Å². The number of nitrogens with zero attached hydrogens (tertiary/aromatic N) is 2. The molecule has 0 radical (unpaired) electrons. The van der Waals surface area contributed by atoms with Gasteiger partial charge in [0.1, 0.15) is 0 Å². The van der Waals surface area contributed by atoms with E-state index in [4.69, 9.17) is 9.84 Å². The van der Waals surface area contributed by atoms with Gasteiger partial charge in [0.15, 0.2) is 5.16 Å². The van der Waals surface area contributed by atoms with Crippen LogP contribution in [0, 0.1) is 0 Å². The molecule has 82 valence electrons. The summed E-state index contributed by atoms with van der Waals surface area (Å²) in [6, 6.07) is 0. The van der Waals surface area contributed by atoms with Crippen molar-refractivity contribution in [2.75, 3.05) is 12.9 Å². The number of carbonyl (C=O) groups is 1. The fourth-order valence-corrected chi connectivity index (χ4v) is 1.87. The van der Waals surface area contributed by atoms with Gasteiger partial charge in [-0.05, 0) is 15.9 Å². The van der Waals surface area contributed by atoms with Crippen LogP contribution in [0.4, 0.5) is 0 Å². The van der Waals surface area contributed by atoms with E-state index < -0.39 is 5.97 Å². The van der Waals surface area contributed by atoms with Crippen LogP contribution < -0.4 is 4.74 Å². The lowest BCUT2D eigenvalue weighted by atomic mass is 10.5. The molecule has 1 heterocycles. The van der Waals surface area contributed by atoms with Crippen molar-refractivity contribution >= 4 is 33.7 Å². The average Bonchev–Trinajstić information content (AvgIpc) is 2.20. The van der Waals surface area contributed by atoms with Crippen molar-refractivity contribution in [3.63, 3.8) is 0 Å². The van der Waals surface area contributed by atoms with E-state index in [1.807, 2.05) is 0 Å². The Morgan fingerprint density at radius 2 is 2.47 bits per heavy atom. The molecule has 0 amide bonds. The molecular formula is C8H9BrN2O3S. The number of carboxylic acid groups (broad SMARTS) is 1. The van der Waals surface area contributed by atoms with Crippen molar-refractivity contribution in [3.8, 4) is 5.88 Å². The smallest absolute Gasteiger partial charge is 0.304 e. The molecule has 0 saturated carbocycles. The molecule has 0 aliphatic carbocycles. The van der Waals surface area contributed by atoms with E-state index in [0.717, 1.165) is 0 Å². The lowest BCUT2D eigenvalue weighted by Crippen LogP contribution is -1.98. The maximum Gasteiger partial charge on any atom is 0.304 e. The van der Waals surface area contributed by atoms with E-state index in [-0.39, 0.29) is 6.42 Å². The topological polar surface area (TPSA) is 72.3 Å². The zero-order chi connectivity index (χ0) is 11.3. The van der Waals surface area contributed by atoms with Gasteiger partial charge in [-0.1, -0.05) is 11.8 Å². The van der Waals surface area contributed by atoms with Crippen molar-refractivity contribution < 1.29 is 14.6 Å². The number of hydrogen-bond acceptors (Lipinski definition) is 5. The highest BCUT2D eigenvalue weighted by atomic mass is 79.9. The summed E-state index contributed by atoms with van der Waals surface area (Å²) in [5.41, 5.74) is 0. The summed E-state index contributed by atoms with van der Waals surface area (Å²) in [6.45, 7) is 0. The molecule has 0 spiro atoms. The third-order valence-electron chi connectivity index (χ3n) is 1.43. The number of hydrogen-bond donors (Lipinski definition) is 1. The van der Waals surface area contributed by atoms with Gasteiger partial charge in [-0.25, -0.2) is 4.98 Å². The molecule has 0 bridgehead atoms. The third kappa shape index (κ3) is 4.05. The monoisotopic (exact) mass is 292 g/mol. The van der Waals surface area contributed by atoms with Crippen molar-refractivity contribution in [3.05, 3.63) is 10.7 Å². The Bertz CT molecular complexity index is 362. The Labute approximate surface area is 99.4 Å². The molecule has 0 atom stereocenters. The summed E-state index contributed by atoms with van der Waals surface area (Å²) in [6.07, 6.45) is 1.67. The molecular weight excluding hydrogens is 284 g/mol. The first-order chi connectivity index (χ1) is 7.13. The van der Waals surface area contributed by atoms with Crippen LogP contribution in [0.15, 0.2) is 15.8 Å². The number of aromatic nitrogens is 2. The van der Waals surface area contributed by atoms with Gasteiger partial charge in [-0.15, -0.1) is 0 Å². The number of thioether (sulfide) groups is 1. The van der Waals surface area contributed by atoms with Gasteiger partial charge in [-0.2, -0.15) is 4.98 Å². The van der Waals surface area contributed by atoms with E-state index in [0.29, 0.717) is 21.3 Å². The number of rotatable bonds is 5. The lowest BCUT2D eigenvalue weighted by molar-refractivity contribution is -0.136. The van der Waals surface area contributed by atoms with Crippen LogP contribution in [0.25, 0.3) is 0 Å². The summed E-state index contributed by atoms with van der Waals surface area (Å²) < 4.78 is 5.66. The predicted octanol–water partition coefficient (Wildman–Crippen LogP) is 1.81. The summed E-state index contributed by atoms with van der Waals surface area (Å²) in [7, 11) is 1.51. The summed E-state index contributed by atoms with van der Waals surface area (Å²) in [4.78, 5) is 18.4. The first-order valence-corrected chi connectivity index (χ1v) is 5.82. The fraction of sp³-hybridized carbons (Fsp3) is 0.375. The zero-order valence-electron chi connectivity index (χ0n) is 7.94. The second-order valence-electron chi connectivity index (χ2n) is 2.50. The van der Waals surface area contributed by atoms with Crippen LogP contribution in [-0.2, 0) is 4.79 Å². The van der Waals surface area contributed by atoms with E-state index >= 15 is 0 Å². The fourth-order valence-electron chi connectivity index (χ4n) is 0.779. The van der Waals surface area contributed by atoms with Gasteiger partial charge in [0.25, 0.3) is 0 Å². The van der Waals surface area contributed by atoms with Crippen LogP contribution in [0.2, 0.25) is 0 Å². The van der Waals surface area contributed by atoms with Crippen LogP contribution in [0.3, 0.4) is 0 Å². The largest absolute Gasteiger partial charge is 0.481 e. The molecule has 5 nitrogen and oxygen atoms in total. The number of carboxylic acids is 1. The quantitative estimate of drug-likeness (QED) is 0.659. The first-order valence-electron chi connectivity index (χ1n) is 4.04. The molecule has 0 unspecified atom stereocenters. The van der Waals surface area contributed by atoms with Crippen molar-refractivity contribution in [1.29, 1.82) is 0 Å². The van der Waals surface area contributed by atoms with Crippen molar-refractivity contribution in [1.82, 2.24) is 9.97 Å². The van der Waals surface area contributed by atoms with Crippen LogP contribution >= 0.6 is 27.7 Å². The highest BCUT2D eigenvalue weighted by Gasteiger charge is 2.06. The zero-order valence-corrected chi connectivity index (χ0v) is 10.3. The molecule has 15 heavy (non-hydrogen) atoms. The van der Waals surface area contributed by atoms with E-state index in [1.165, 1.54) is 18.9 Å². The lowest BCUT2D eigenvalue weighted by Gasteiger charge is -2.03. The Morgan fingerprint density at radius 1 is 1.73 bits per heavy atom. The molecule has 7 heteroatoms. The predicted molar refractivity (Wildman–Crippen MR) is 59.3 cm³/mol. The highest BCUT2D eigenvalue weighted by Crippen LogP contribution is 2.24. The van der Waals surface area contributed by atoms with E-state index in [1.54, 1.807) is 6.20 Å². The molecule has 0 saturated heterocycles. The second kappa shape index (κ2) is 5.92. The number of aliphatic carboxylic acids is 1. The Balaban J connectivity index is 2.58. The molecule has 0 aromatic carbocycles. The number of halogens is 1. The minimum Gasteiger partial charge on any atom is -0.481 e. The Morgan fingerprint density at radius 3 is 3.07 bits per heavy atom. The van der Waals surface area contributed by atoms with Gasteiger partial charge in [-0.3, -0.25) is 4.79 Å². The van der Waals surface area contributed by atoms with Gasteiger partial charge in [0.2, 0.25) is 5.88 Å². The van der Waals surface area contributed by atoms with Gasteiger partial charge >= 0.3 is 5.97 Å². The normalized spacial score (nSPS) is 10.0. The van der Waals surface area contributed by atoms with Crippen LogP contribution in [0.5, 0.6) is 5.88 Å². The van der Waals surface area contributed by atoms with E-state index in [9.17, 15) is 4.79 Å². The molecule has 1 aromatic rings. The third-order valence-corrected chi connectivity index (χ3v) is 2.84. The van der Waals surface area contributed by atoms with Crippen molar-refractivity contribution in [2.45, 2.75) is 11.6 Å². The molecule has 1 N–H and O–H groups in total. The van der Waals surface area contributed by atoms with Crippen LogP contribution in [0.1, 0.15) is 6.42 Å². The van der Waals surface area contributed by atoms with E-state index in [2.05, 4.69) is 25.9 Å². The molecule has 0 aliphatic rings. The Hall–Kier alpha value is -0.820. The maximum atomic E-state index is 10.3. The molecule has 1 aromatic heterocycles. The molecule has 1 rings (SSSR count). The summed E-state index contributed by atoms with van der Waals surface area (Å²) in [5, 5.41) is 8.96.